The summed E-state index contributed by atoms with van der Waals surface area (Å²) in [6.07, 6.45) is 15.8. The molecule has 164 valence electrons. The van der Waals surface area contributed by atoms with Gasteiger partial charge in [-0.1, -0.05) is 68.0 Å². The zero-order valence-corrected chi connectivity index (χ0v) is 19.4. The van der Waals surface area contributed by atoms with Crippen LogP contribution in [-0.4, -0.2) is 15.0 Å². The SMILES string of the molecule is C[C@H]1CC[C@@]2(C)C(=CCC3C2CC[C@@]2(C)C3CC[C@@H]2n2cc(-c3ccccc3)nn2)C1. The average Bonchev–Trinajstić information content (AvgIpc) is 3.39. The van der Waals surface area contributed by atoms with Gasteiger partial charge < -0.3 is 0 Å². The third kappa shape index (κ3) is 2.91. The number of aromatic nitrogens is 3. The Balaban J connectivity index is 1.29. The highest BCUT2D eigenvalue weighted by molar-refractivity contribution is 5.57. The maximum absolute atomic E-state index is 4.66. The molecule has 31 heavy (non-hydrogen) atoms. The molecule has 0 radical (unpaired) electrons. The monoisotopic (exact) mass is 415 g/mol. The minimum Gasteiger partial charge on any atom is -0.248 e. The summed E-state index contributed by atoms with van der Waals surface area (Å²) in [6, 6.07) is 11.0. The molecule has 0 amide bonds. The third-order valence-corrected chi connectivity index (χ3v) is 10.2. The lowest BCUT2D eigenvalue weighted by molar-refractivity contribution is -0.0429. The van der Waals surface area contributed by atoms with Gasteiger partial charge in [-0.2, -0.15) is 0 Å². The zero-order chi connectivity index (χ0) is 21.2. The van der Waals surface area contributed by atoms with E-state index in [4.69, 9.17) is 0 Å². The molecule has 4 aliphatic rings. The fraction of sp³-hybridized carbons (Fsp3) is 0.643. The predicted molar refractivity (Wildman–Crippen MR) is 125 cm³/mol. The molecule has 3 unspecified atom stereocenters. The fourth-order valence-corrected chi connectivity index (χ4v) is 8.42. The molecular formula is C28H37N3. The smallest absolute Gasteiger partial charge is 0.113 e. The van der Waals surface area contributed by atoms with Gasteiger partial charge in [0.15, 0.2) is 0 Å². The molecule has 1 heterocycles. The van der Waals surface area contributed by atoms with Gasteiger partial charge >= 0.3 is 0 Å². The second kappa shape index (κ2) is 7.05. The van der Waals surface area contributed by atoms with Crippen LogP contribution in [0.4, 0.5) is 0 Å². The third-order valence-electron chi connectivity index (χ3n) is 10.2. The topological polar surface area (TPSA) is 30.7 Å². The van der Waals surface area contributed by atoms with Crippen LogP contribution in [-0.2, 0) is 0 Å². The molecule has 6 rings (SSSR count). The number of nitrogens with zero attached hydrogens (tertiary/aromatic N) is 3. The van der Waals surface area contributed by atoms with Crippen LogP contribution in [0, 0.1) is 34.5 Å². The fourth-order valence-electron chi connectivity index (χ4n) is 8.42. The van der Waals surface area contributed by atoms with Crippen molar-refractivity contribution < 1.29 is 0 Å². The summed E-state index contributed by atoms with van der Waals surface area (Å²) in [4.78, 5) is 0. The van der Waals surface area contributed by atoms with Crippen LogP contribution in [0.15, 0.2) is 48.2 Å². The largest absolute Gasteiger partial charge is 0.248 e. The van der Waals surface area contributed by atoms with Crippen LogP contribution in [0.3, 0.4) is 0 Å². The van der Waals surface area contributed by atoms with Gasteiger partial charge in [0.2, 0.25) is 0 Å². The van der Waals surface area contributed by atoms with Gasteiger partial charge in [0.05, 0.1) is 12.2 Å². The first-order chi connectivity index (χ1) is 15.0. The van der Waals surface area contributed by atoms with Crippen LogP contribution in [0.1, 0.15) is 78.2 Å². The molecule has 1 aromatic heterocycles. The summed E-state index contributed by atoms with van der Waals surface area (Å²) in [5.41, 5.74) is 4.82. The summed E-state index contributed by atoms with van der Waals surface area (Å²) in [7, 11) is 0. The number of allylic oxidation sites excluding steroid dienone is 2. The molecule has 3 heteroatoms. The Bertz CT molecular complexity index is 991. The number of hydrogen-bond donors (Lipinski definition) is 0. The van der Waals surface area contributed by atoms with Crippen molar-refractivity contribution in [3.63, 3.8) is 0 Å². The van der Waals surface area contributed by atoms with E-state index in [9.17, 15) is 0 Å². The molecule has 7 atom stereocenters. The molecule has 2 aromatic rings. The van der Waals surface area contributed by atoms with E-state index in [0.717, 1.165) is 29.4 Å². The highest BCUT2D eigenvalue weighted by Crippen LogP contribution is 2.67. The predicted octanol–water partition coefficient (Wildman–Crippen LogP) is 7.09. The Hall–Kier alpha value is -1.90. The van der Waals surface area contributed by atoms with Crippen molar-refractivity contribution in [3.8, 4) is 11.3 Å². The molecule has 3 fully saturated rings. The van der Waals surface area contributed by atoms with Crippen molar-refractivity contribution in [2.75, 3.05) is 0 Å². The van der Waals surface area contributed by atoms with Crippen molar-refractivity contribution in [3.05, 3.63) is 48.2 Å². The van der Waals surface area contributed by atoms with Crippen molar-refractivity contribution in [2.45, 2.75) is 78.2 Å². The maximum Gasteiger partial charge on any atom is 0.113 e. The first-order valence-electron chi connectivity index (χ1n) is 12.7. The van der Waals surface area contributed by atoms with Gasteiger partial charge in [0.1, 0.15) is 5.69 Å². The molecule has 1 aromatic carbocycles. The van der Waals surface area contributed by atoms with Crippen molar-refractivity contribution in [1.82, 2.24) is 15.0 Å². The molecule has 0 saturated heterocycles. The minimum absolute atomic E-state index is 0.354. The van der Waals surface area contributed by atoms with Crippen LogP contribution in [0.2, 0.25) is 0 Å². The molecule has 4 aliphatic carbocycles. The van der Waals surface area contributed by atoms with Crippen LogP contribution < -0.4 is 0 Å². The molecule has 0 spiro atoms. The highest BCUT2D eigenvalue weighted by atomic mass is 15.4. The minimum atomic E-state index is 0.354. The van der Waals surface area contributed by atoms with Crippen LogP contribution in [0.5, 0.6) is 0 Å². The summed E-state index contributed by atoms with van der Waals surface area (Å²) in [5.74, 6) is 3.47. The Morgan fingerprint density at radius 3 is 2.65 bits per heavy atom. The molecular weight excluding hydrogens is 378 g/mol. The van der Waals surface area contributed by atoms with Crippen molar-refractivity contribution in [1.29, 1.82) is 0 Å². The average molecular weight is 416 g/mol. The highest BCUT2D eigenvalue weighted by Gasteiger charge is 2.59. The lowest BCUT2D eigenvalue weighted by Gasteiger charge is -2.58. The zero-order valence-electron chi connectivity index (χ0n) is 19.4. The molecule has 3 nitrogen and oxygen atoms in total. The van der Waals surface area contributed by atoms with Gasteiger partial charge in [-0.3, -0.25) is 0 Å². The van der Waals surface area contributed by atoms with Crippen molar-refractivity contribution >= 4 is 0 Å². The molecule has 0 N–H and O–H groups in total. The summed E-state index contributed by atoms with van der Waals surface area (Å²) in [6.45, 7) is 7.66. The van der Waals surface area contributed by atoms with E-state index in [1.165, 1.54) is 56.9 Å². The van der Waals surface area contributed by atoms with E-state index in [-0.39, 0.29) is 0 Å². The van der Waals surface area contributed by atoms with Gasteiger partial charge in [0, 0.05) is 5.56 Å². The Kier molecular flexibility index (Phi) is 4.49. The summed E-state index contributed by atoms with van der Waals surface area (Å²) < 4.78 is 2.23. The standard InChI is InChI=1S/C28H37N3/c1-19-13-15-27(2)21(17-19)9-10-22-23-11-12-26(28(23,3)16-14-24(22)27)31-18-25(29-30-31)20-7-5-4-6-8-20/h4-9,18-19,22-24,26H,10-17H2,1-3H3/t19-,22?,23?,24?,26-,27-,28-/m0/s1. The van der Waals surface area contributed by atoms with Gasteiger partial charge in [-0.05, 0) is 85.9 Å². The van der Waals surface area contributed by atoms with E-state index in [2.05, 4.69) is 78.4 Å². The summed E-state index contributed by atoms with van der Waals surface area (Å²) >= 11 is 0. The Morgan fingerprint density at radius 1 is 0.968 bits per heavy atom. The lowest BCUT2D eigenvalue weighted by atomic mass is 9.47. The van der Waals surface area contributed by atoms with E-state index < -0.39 is 0 Å². The van der Waals surface area contributed by atoms with Gasteiger partial charge in [-0.25, -0.2) is 4.68 Å². The van der Waals surface area contributed by atoms with Gasteiger partial charge in [-0.15, -0.1) is 5.10 Å². The lowest BCUT2D eigenvalue weighted by Crippen LogP contribution is -2.50. The second-order valence-corrected chi connectivity index (χ2v) is 11.7. The summed E-state index contributed by atoms with van der Waals surface area (Å²) in [5, 5.41) is 9.21. The quantitative estimate of drug-likeness (QED) is 0.490. The van der Waals surface area contributed by atoms with Crippen LogP contribution >= 0.6 is 0 Å². The van der Waals surface area contributed by atoms with E-state index in [1.54, 1.807) is 0 Å². The van der Waals surface area contributed by atoms with E-state index in [1.807, 2.05) is 5.57 Å². The van der Waals surface area contributed by atoms with Gasteiger partial charge in [0.25, 0.3) is 0 Å². The number of hydrogen-bond acceptors (Lipinski definition) is 2. The Morgan fingerprint density at radius 2 is 1.81 bits per heavy atom. The van der Waals surface area contributed by atoms with Crippen LogP contribution in [0.25, 0.3) is 11.3 Å². The first-order valence-corrected chi connectivity index (χ1v) is 12.7. The molecule has 3 saturated carbocycles. The molecule has 0 bridgehead atoms. The maximum atomic E-state index is 4.66. The van der Waals surface area contributed by atoms with E-state index in [0.29, 0.717) is 16.9 Å². The normalized spacial score (nSPS) is 41.8. The first kappa shape index (κ1) is 19.8. The number of fused-ring (bicyclic) bond motifs is 5. The number of rotatable bonds is 2. The van der Waals surface area contributed by atoms with E-state index >= 15 is 0 Å². The van der Waals surface area contributed by atoms with Crippen molar-refractivity contribution in [2.24, 2.45) is 34.5 Å². The number of benzene rings is 1. The Labute approximate surface area is 187 Å². The molecule has 0 aliphatic heterocycles. The second-order valence-electron chi connectivity index (χ2n) is 11.7.